The third-order valence-corrected chi connectivity index (χ3v) is 12.6. The van der Waals surface area contributed by atoms with Crippen LogP contribution in [0.3, 0.4) is 0 Å². The minimum atomic E-state index is -3.10. The molecule has 0 amide bonds. The minimum absolute atomic E-state index is 0.363. The first kappa shape index (κ1) is 25.9. The summed E-state index contributed by atoms with van der Waals surface area (Å²) in [5, 5.41) is 0. The maximum absolute atomic E-state index is 6.19. The Morgan fingerprint density at radius 3 is 1.73 bits per heavy atom. The number of hydrogen-bond acceptors (Lipinski definition) is 9. The van der Waals surface area contributed by atoms with E-state index in [1.165, 1.54) is 19.8 Å². The summed E-state index contributed by atoms with van der Waals surface area (Å²) in [5.74, 6) is 0. The van der Waals surface area contributed by atoms with E-state index >= 15 is 0 Å². The molecule has 2 heterocycles. The van der Waals surface area contributed by atoms with Crippen LogP contribution in [-0.4, -0.2) is 40.6 Å². The Bertz CT molecular complexity index is 833. The summed E-state index contributed by atoms with van der Waals surface area (Å²) in [5.41, 5.74) is 1.23. The molecule has 10 nitrogen and oxygen atoms in total. The molecule has 0 saturated carbocycles. The van der Waals surface area contributed by atoms with Crippen molar-refractivity contribution in [1.29, 1.82) is 0 Å². The molecule has 1 aliphatic heterocycles. The van der Waals surface area contributed by atoms with E-state index in [4.69, 9.17) is 27.1 Å². The molecule has 172 valence electrons. The van der Waals surface area contributed by atoms with Gasteiger partial charge in [-0.15, -0.1) is 13.5 Å². The van der Waals surface area contributed by atoms with Gasteiger partial charge in [0.05, 0.1) is 26.4 Å². The van der Waals surface area contributed by atoms with Gasteiger partial charge in [-0.2, -0.15) is 0 Å². The summed E-state index contributed by atoms with van der Waals surface area (Å²) in [6.45, 7) is 7.07. The van der Waals surface area contributed by atoms with Crippen molar-refractivity contribution in [2.75, 3.05) is 40.6 Å². The first-order valence-electron chi connectivity index (χ1n) is 9.95. The average Bonchev–Trinajstić information content (AvgIpc) is 2.73. The molecular weight excluding hydrogens is 449 g/mol. The predicted octanol–water partition coefficient (Wildman–Crippen LogP) is 5.71. The number of aromatic nitrogens is 1. The summed E-state index contributed by atoms with van der Waals surface area (Å²) in [6.07, 6.45) is 5.70. The fourth-order valence-corrected chi connectivity index (χ4v) is 11.9. The van der Waals surface area contributed by atoms with Crippen LogP contribution >= 0.6 is 23.0 Å². The van der Waals surface area contributed by atoms with Crippen molar-refractivity contribution in [2.24, 2.45) is 20.6 Å². The second kappa shape index (κ2) is 12.0. The summed E-state index contributed by atoms with van der Waals surface area (Å²) in [4.78, 5) is 0. The van der Waals surface area contributed by atoms with E-state index in [1.54, 1.807) is 0 Å². The lowest BCUT2D eigenvalue weighted by Gasteiger charge is -2.31. The predicted molar refractivity (Wildman–Crippen MR) is 119 cm³/mol. The Balaban J connectivity index is 2.33. The number of pyridine rings is 1. The topological polar surface area (TPSA) is 96.3 Å². The highest BCUT2D eigenvalue weighted by atomic mass is 31.3. The minimum Gasteiger partial charge on any atom is -0.310 e. The highest BCUT2D eigenvalue weighted by Crippen LogP contribution is 2.80. The van der Waals surface area contributed by atoms with Crippen LogP contribution in [0.15, 0.2) is 38.1 Å². The molecule has 1 aromatic rings. The first-order valence-corrected chi connectivity index (χ1v) is 14.5. The van der Waals surface area contributed by atoms with Crippen LogP contribution in [0.5, 0.6) is 0 Å². The Morgan fingerprint density at radius 2 is 1.23 bits per heavy atom. The van der Waals surface area contributed by atoms with Crippen molar-refractivity contribution in [2.45, 2.75) is 33.6 Å². The molecule has 0 saturated heterocycles. The van der Waals surface area contributed by atoms with Crippen LogP contribution in [0.4, 0.5) is 0 Å². The second-order valence-electron chi connectivity index (χ2n) is 6.17. The molecule has 3 unspecified atom stereocenters. The Labute approximate surface area is 180 Å². The number of hydrogen-bond donors (Lipinski definition) is 0. The van der Waals surface area contributed by atoms with E-state index in [9.17, 15) is 0 Å². The second-order valence-corrected chi connectivity index (χ2v) is 13.0. The van der Waals surface area contributed by atoms with E-state index in [0.29, 0.717) is 26.4 Å². The molecule has 0 bridgehead atoms. The zero-order chi connectivity index (χ0) is 22.1. The van der Waals surface area contributed by atoms with Crippen molar-refractivity contribution in [3.05, 3.63) is 30.1 Å². The normalized spacial score (nSPS) is 28.5. The smallest absolute Gasteiger partial charge is 0.310 e. The molecule has 1 aromatic heterocycles. The molecule has 0 N–H and O–H groups in total. The highest BCUT2D eigenvalue weighted by Gasteiger charge is 2.41. The molecule has 0 aromatic carbocycles. The van der Waals surface area contributed by atoms with Gasteiger partial charge < -0.3 is 27.1 Å². The van der Waals surface area contributed by atoms with Gasteiger partial charge in [-0.05, 0) is 39.2 Å². The van der Waals surface area contributed by atoms with Gasteiger partial charge in [-0.25, -0.2) is 4.57 Å². The largest absolute Gasteiger partial charge is 0.349 e. The van der Waals surface area contributed by atoms with E-state index in [1.807, 2.05) is 44.8 Å². The lowest BCUT2D eigenvalue weighted by Crippen LogP contribution is -2.25. The molecule has 2 rings (SSSR count). The molecule has 0 spiro atoms. The van der Waals surface area contributed by atoms with Crippen LogP contribution in [0.1, 0.15) is 32.8 Å². The fourth-order valence-electron chi connectivity index (χ4n) is 2.64. The van der Waals surface area contributed by atoms with Crippen molar-refractivity contribution >= 4 is 23.0 Å². The highest BCUT2D eigenvalue weighted by molar-refractivity contribution is 7.78. The zero-order valence-corrected chi connectivity index (χ0v) is 21.3. The molecule has 3 atom stereocenters. The van der Waals surface area contributed by atoms with E-state index < -0.39 is 23.0 Å². The Morgan fingerprint density at radius 1 is 0.767 bits per heavy atom. The van der Waals surface area contributed by atoms with Crippen molar-refractivity contribution in [3.8, 4) is 0 Å². The van der Waals surface area contributed by atoms with Crippen LogP contribution in [0.2, 0.25) is 0 Å². The van der Waals surface area contributed by atoms with E-state index in [0.717, 1.165) is 12.8 Å². The van der Waals surface area contributed by atoms with Crippen LogP contribution in [0, 0.1) is 0 Å². The monoisotopic (exact) mass is 483 g/mol. The summed E-state index contributed by atoms with van der Waals surface area (Å²) in [6, 6.07) is 4.18. The molecule has 0 aliphatic carbocycles. The van der Waals surface area contributed by atoms with Gasteiger partial charge in [-0.1, -0.05) is 0 Å². The molecule has 30 heavy (non-hydrogen) atoms. The quantitative estimate of drug-likeness (QED) is 0.202. The lowest BCUT2D eigenvalue weighted by atomic mass is 10.1. The molecule has 13 heteroatoms. The van der Waals surface area contributed by atoms with Crippen molar-refractivity contribution < 1.29 is 31.7 Å². The van der Waals surface area contributed by atoms with Gasteiger partial charge in [0.2, 0.25) is 0 Å². The number of rotatable bonds is 13. The van der Waals surface area contributed by atoms with Gasteiger partial charge in [0, 0.05) is 26.4 Å². The summed E-state index contributed by atoms with van der Waals surface area (Å²) < 4.78 is 51.1. The number of aryl methyl sites for hydroxylation is 2. The standard InChI is InChI=1S/C17H34N4O6P3/c1-7-24-28(22-5)18-29(23-6,25-8-2)20-30(19-28,26-9-3)27-16-10-11-17-12-14-21(4)15-13-17/h12-15H,7-11,16H2,1-6H3/q+1. The Kier molecular flexibility index (Phi) is 10.3. The lowest BCUT2D eigenvalue weighted by molar-refractivity contribution is -0.671. The van der Waals surface area contributed by atoms with Gasteiger partial charge in [0.15, 0.2) is 12.4 Å². The SMILES string of the molecule is CCOP1(OC)=NP(OC)(OCC)=NP(OCC)(OCCCc2cc[n+](C)cc2)=N1. The van der Waals surface area contributed by atoms with Crippen molar-refractivity contribution in [3.63, 3.8) is 0 Å². The fraction of sp³-hybridized carbons (Fsp3) is 0.706. The maximum atomic E-state index is 6.19. The Hall–Kier alpha value is -0.400. The summed E-state index contributed by atoms with van der Waals surface area (Å²) in [7, 11) is -4.19. The third-order valence-electron chi connectivity index (χ3n) is 3.96. The molecule has 0 radical (unpaired) electrons. The van der Waals surface area contributed by atoms with Crippen LogP contribution in [-0.2, 0) is 40.6 Å². The maximum Gasteiger partial charge on any atom is 0.349 e. The zero-order valence-electron chi connectivity index (χ0n) is 18.6. The molecule has 0 fully saturated rings. The van der Waals surface area contributed by atoms with Gasteiger partial charge >= 0.3 is 23.0 Å². The van der Waals surface area contributed by atoms with Gasteiger partial charge in [0.25, 0.3) is 0 Å². The molecule has 1 aliphatic rings. The summed E-state index contributed by atoms with van der Waals surface area (Å²) >= 11 is 0. The van der Waals surface area contributed by atoms with E-state index in [2.05, 4.69) is 25.7 Å². The molecular formula is C17H34N4O6P3+. The van der Waals surface area contributed by atoms with Gasteiger partial charge in [0.1, 0.15) is 7.05 Å². The average molecular weight is 483 g/mol. The van der Waals surface area contributed by atoms with Gasteiger partial charge in [-0.3, -0.25) is 0 Å². The first-order chi connectivity index (χ1) is 14.4. The van der Waals surface area contributed by atoms with Crippen molar-refractivity contribution in [1.82, 2.24) is 0 Å². The number of nitrogens with zero attached hydrogens (tertiary/aromatic N) is 4. The van der Waals surface area contributed by atoms with Crippen LogP contribution < -0.4 is 4.57 Å². The van der Waals surface area contributed by atoms with Crippen LogP contribution in [0.25, 0.3) is 0 Å². The van der Waals surface area contributed by atoms with E-state index in [-0.39, 0.29) is 0 Å². The third kappa shape index (κ3) is 6.80.